The number of carboxylic acids is 1. The van der Waals surface area contributed by atoms with Gasteiger partial charge in [-0.15, -0.1) is 0 Å². The van der Waals surface area contributed by atoms with Crippen LogP contribution in [0.25, 0.3) is 56.7 Å². The molecule has 0 fully saturated rings. The number of carbonyl (C=O) groups is 1. The summed E-state index contributed by atoms with van der Waals surface area (Å²) in [5, 5.41) is 30.4. The third-order valence-electron chi connectivity index (χ3n) is 7.24. The molecule has 0 aliphatic rings. The molecule has 6 rings (SSSR count). The first kappa shape index (κ1) is 38.6. The molecule has 0 aliphatic heterocycles. The first-order valence-electron chi connectivity index (χ1n) is 14.2. The Labute approximate surface area is 332 Å². The van der Waals surface area contributed by atoms with Crippen LogP contribution < -0.4 is 0 Å². The number of carboxylic acid groups (broad SMARTS) is 1. The van der Waals surface area contributed by atoms with E-state index in [0.717, 1.165) is 12.2 Å². The summed E-state index contributed by atoms with van der Waals surface area (Å²) in [5.41, 5.74) is 1.08. The monoisotopic (exact) mass is 1020 g/mol. The van der Waals surface area contributed by atoms with E-state index in [1.807, 2.05) is 0 Å². The molecule has 0 radical (unpaired) electrons. The fourth-order valence-electron chi connectivity index (χ4n) is 5.15. The van der Waals surface area contributed by atoms with Gasteiger partial charge in [-0.25, -0.2) is 4.79 Å². The third-order valence-corrected chi connectivity index (χ3v) is 10.5. The van der Waals surface area contributed by atoms with E-state index in [4.69, 9.17) is 17.2 Å². The van der Waals surface area contributed by atoms with E-state index in [1.54, 1.807) is 18.2 Å². The minimum absolute atomic E-state index is 0.00411. The van der Waals surface area contributed by atoms with Crippen LogP contribution in [0.15, 0.2) is 105 Å². The second-order valence-electron chi connectivity index (χ2n) is 10.9. The molecule has 0 unspecified atom stereocenters. The highest BCUT2D eigenvalue weighted by molar-refractivity contribution is 9.11. The van der Waals surface area contributed by atoms with Crippen LogP contribution in [0.2, 0.25) is 0 Å². The Morgan fingerprint density at radius 3 is 1.68 bits per heavy atom. The van der Waals surface area contributed by atoms with Crippen molar-refractivity contribution in [3.05, 3.63) is 113 Å². The summed E-state index contributed by atoms with van der Waals surface area (Å²) in [7, 11) is -10.8. The second-order valence-corrected chi connectivity index (χ2v) is 16.4. The van der Waals surface area contributed by atoms with Crippen molar-refractivity contribution in [3.63, 3.8) is 0 Å². The number of fused-ring (bicyclic) bond motifs is 2. The number of aromatic carboxylic acids is 1. The van der Waals surface area contributed by atoms with Crippen LogP contribution in [-0.4, -0.2) is 47.2 Å². The summed E-state index contributed by atoms with van der Waals surface area (Å²) in [6.07, 6.45) is 1.88. The van der Waals surface area contributed by atoms with Gasteiger partial charge in [-0.3, -0.25) is 9.11 Å². The van der Waals surface area contributed by atoms with Crippen molar-refractivity contribution < 1.29 is 63.3 Å². The van der Waals surface area contributed by atoms with Crippen LogP contribution in [0.5, 0.6) is 11.5 Å². The predicted molar refractivity (Wildman–Crippen MR) is 206 cm³/mol. The van der Waals surface area contributed by atoms with Gasteiger partial charge in [-0.05, 0) is 154 Å². The summed E-state index contributed by atoms with van der Waals surface area (Å²) >= 11 is 13.1. The standard InChI is InChI=1S/C33H18Br4O14S2/c34-20-11-16(1-3-24(20)38)26-13-18-5-14(7-22(36)30(18)48-26)9-27(50-52(42,43)44)28(51-53(45,46)47)10-15-6-19-29(33(40)41)31(49-32(19)23(37)8-15)17-2-4-25(39)21(35)12-17/h1-13,38-39H,(H,40,41)(H,42,43,44)(H,45,46,47). The molecule has 53 heavy (non-hydrogen) atoms. The molecule has 0 aliphatic carbocycles. The molecule has 5 N–H and O–H groups in total. The minimum Gasteiger partial charge on any atom is -0.507 e. The molecule has 2 aromatic heterocycles. The average Bonchev–Trinajstić information content (AvgIpc) is 3.65. The van der Waals surface area contributed by atoms with Gasteiger partial charge in [0.05, 0.1) is 17.9 Å². The van der Waals surface area contributed by atoms with Crippen LogP contribution >= 0.6 is 63.7 Å². The minimum atomic E-state index is -5.39. The number of benzene rings is 4. The largest absolute Gasteiger partial charge is 0.507 e. The van der Waals surface area contributed by atoms with Gasteiger partial charge in [-0.2, -0.15) is 16.8 Å². The topological polar surface area (TPSA) is 231 Å². The Kier molecular flexibility index (Phi) is 10.6. The molecule has 2 heterocycles. The van der Waals surface area contributed by atoms with E-state index in [0.29, 0.717) is 31.2 Å². The van der Waals surface area contributed by atoms with Gasteiger partial charge in [0.1, 0.15) is 39.7 Å². The lowest BCUT2D eigenvalue weighted by Crippen LogP contribution is -2.11. The quantitative estimate of drug-likeness (QED) is 0.0489. The first-order valence-corrected chi connectivity index (χ1v) is 20.1. The Bertz CT molecular complexity index is 2790. The van der Waals surface area contributed by atoms with Crippen molar-refractivity contribution in [2.24, 2.45) is 0 Å². The van der Waals surface area contributed by atoms with Crippen molar-refractivity contribution in [1.82, 2.24) is 0 Å². The lowest BCUT2D eigenvalue weighted by atomic mass is 10.0. The Balaban J connectivity index is 1.52. The fraction of sp³-hybridized carbons (Fsp3) is 0. The van der Waals surface area contributed by atoms with Gasteiger partial charge in [0.25, 0.3) is 0 Å². The van der Waals surface area contributed by atoms with E-state index >= 15 is 0 Å². The van der Waals surface area contributed by atoms with Gasteiger partial charge >= 0.3 is 26.8 Å². The maximum atomic E-state index is 12.5. The number of aromatic hydroxyl groups is 2. The molecular weight excluding hydrogens is 1000 g/mol. The zero-order chi connectivity index (χ0) is 38.6. The van der Waals surface area contributed by atoms with Crippen LogP contribution in [0.3, 0.4) is 0 Å². The molecule has 0 bridgehead atoms. The van der Waals surface area contributed by atoms with Crippen molar-refractivity contribution >= 4 is 125 Å². The van der Waals surface area contributed by atoms with Crippen molar-refractivity contribution in [1.29, 1.82) is 0 Å². The molecule has 0 atom stereocenters. The zero-order valence-electron chi connectivity index (χ0n) is 25.7. The molecule has 0 saturated heterocycles. The van der Waals surface area contributed by atoms with Gasteiger partial charge in [0.15, 0.2) is 11.5 Å². The highest BCUT2D eigenvalue weighted by Gasteiger charge is 2.26. The first-order chi connectivity index (χ1) is 24.8. The van der Waals surface area contributed by atoms with E-state index in [9.17, 15) is 46.1 Å². The Hall–Kier alpha value is -4.15. The van der Waals surface area contributed by atoms with Gasteiger partial charge < -0.3 is 32.5 Å². The maximum absolute atomic E-state index is 12.5. The number of rotatable bonds is 10. The van der Waals surface area contributed by atoms with E-state index in [1.165, 1.54) is 48.5 Å². The summed E-state index contributed by atoms with van der Waals surface area (Å²) in [4.78, 5) is 12.5. The summed E-state index contributed by atoms with van der Waals surface area (Å²) in [5.74, 6) is -3.12. The summed E-state index contributed by atoms with van der Waals surface area (Å²) < 4.78 is 90.0. The summed E-state index contributed by atoms with van der Waals surface area (Å²) in [6, 6.07) is 16.0. The zero-order valence-corrected chi connectivity index (χ0v) is 33.7. The molecule has 0 spiro atoms. The van der Waals surface area contributed by atoms with Crippen molar-refractivity contribution in [3.8, 4) is 34.1 Å². The maximum Gasteiger partial charge on any atom is 0.446 e. The third kappa shape index (κ3) is 8.65. The van der Waals surface area contributed by atoms with E-state index < -0.39 is 38.3 Å². The molecule has 274 valence electrons. The highest BCUT2D eigenvalue weighted by Crippen LogP contribution is 2.41. The second kappa shape index (κ2) is 14.6. The smallest absolute Gasteiger partial charge is 0.446 e. The van der Waals surface area contributed by atoms with Gasteiger partial charge in [0.2, 0.25) is 0 Å². The number of phenolic OH excluding ortho intramolecular Hbond substituents is 2. The highest BCUT2D eigenvalue weighted by atomic mass is 79.9. The number of hydrogen-bond donors (Lipinski definition) is 5. The molecule has 20 heteroatoms. The van der Waals surface area contributed by atoms with Crippen LogP contribution in [0.4, 0.5) is 0 Å². The van der Waals surface area contributed by atoms with E-state index in [-0.39, 0.29) is 59.4 Å². The number of hydrogen-bond acceptors (Lipinski definition) is 11. The number of furan rings is 2. The van der Waals surface area contributed by atoms with Crippen LogP contribution in [0.1, 0.15) is 21.5 Å². The molecule has 6 aromatic rings. The van der Waals surface area contributed by atoms with Crippen LogP contribution in [-0.2, 0) is 29.2 Å². The molecule has 0 saturated carbocycles. The number of halogens is 4. The van der Waals surface area contributed by atoms with Crippen molar-refractivity contribution in [2.45, 2.75) is 0 Å². The fourth-order valence-corrected chi connectivity index (χ4v) is 7.75. The number of phenols is 2. The Morgan fingerprint density at radius 2 is 1.15 bits per heavy atom. The molecule has 0 amide bonds. The van der Waals surface area contributed by atoms with Gasteiger partial charge in [-0.1, -0.05) is 0 Å². The normalized spacial score (nSPS) is 12.8. The molecule has 4 aromatic carbocycles. The predicted octanol–water partition coefficient (Wildman–Crippen LogP) is 9.69. The average molecular weight is 1020 g/mol. The van der Waals surface area contributed by atoms with Gasteiger partial charge in [0, 0.05) is 21.9 Å². The summed E-state index contributed by atoms with van der Waals surface area (Å²) in [6.45, 7) is 0. The molecule has 14 nitrogen and oxygen atoms in total. The van der Waals surface area contributed by atoms with Crippen molar-refractivity contribution in [2.75, 3.05) is 0 Å². The van der Waals surface area contributed by atoms with Crippen LogP contribution in [0, 0.1) is 0 Å². The van der Waals surface area contributed by atoms with E-state index in [2.05, 4.69) is 63.7 Å². The Morgan fingerprint density at radius 1 is 0.642 bits per heavy atom. The molecular formula is C33H18Br4O14S2. The lowest BCUT2D eigenvalue weighted by molar-refractivity contribution is 0.0699. The SMILES string of the molecule is O=C(O)c1c(-c2ccc(O)c(Br)c2)oc2c(Br)cc(C=C(OS(=O)(=O)O)C(=Cc3cc(Br)c4oc(-c5ccc(O)c(Br)c5)cc4c3)OS(=O)(=O)O)cc12. The lowest BCUT2D eigenvalue weighted by Gasteiger charge is -2.12.